The van der Waals surface area contributed by atoms with Gasteiger partial charge in [0.25, 0.3) is 0 Å². The smallest absolute Gasteiger partial charge is 0.116 e. The van der Waals surface area contributed by atoms with Gasteiger partial charge >= 0.3 is 0 Å². The van der Waals surface area contributed by atoms with Crippen molar-refractivity contribution in [3.63, 3.8) is 0 Å². The lowest BCUT2D eigenvalue weighted by atomic mass is 10.2. The molecule has 2 heteroatoms. The van der Waals surface area contributed by atoms with Crippen molar-refractivity contribution in [3.05, 3.63) is 65.7 Å². The summed E-state index contributed by atoms with van der Waals surface area (Å²) in [7, 11) is 0. The largest absolute Gasteiger partial charge is 0.508 e. The number of aromatic hydroxyl groups is 1. The van der Waals surface area contributed by atoms with Gasteiger partial charge < -0.3 is 5.11 Å². The molecule has 2 rings (SSSR count). The van der Waals surface area contributed by atoms with E-state index in [9.17, 15) is 5.11 Å². The van der Waals surface area contributed by atoms with E-state index in [4.69, 9.17) is 0 Å². The molecule has 80 valence electrons. The second kappa shape index (κ2) is 5.12. The van der Waals surface area contributed by atoms with Gasteiger partial charge in [-0.05, 0) is 23.3 Å². The first kappa shape index (κ1) is 10.4. The van der Waals surface area contributed by atoms with Crippen molar-refractivity contribution in [1.29, 1.82) is 0 Å². The number of rotatable bonds is 3. The van der Waals surface area contributed by atoms with E-state index in [2.05, 4.69) is 4.99 Å². The zero-order valence-electron chi connectivity index (χ0n) is 8.88. The van der Waals surface area contributed by atoms with Crippen LogP contribution in [0.3, 0.4) is 0 Å². The third kappa shape index (κ3) is 2.95. The van der Waals surface area contributed by atoms with Gasteiger partial charge in [-0.25, -0.2) is 0 Å². The van der Waals surface area contributed by atoms with E-state index in [-0.39, 0.29) is 5.75 Å². The van der Waals surface area contributed by atoms with E-state index in [1.807, 2.05) is 36.4 Å². The molecular weight excluding hydrogens is 198 g/mol. The average molecular weight is 211 g/mol. The lowest BCUT2D eigenvalue weighted by Gasteiger charge is -1.96. The fourth-order valence-electron chi connectivity index (χ4n) is 1.44. The first-order chi connectivity index (χ1) is 7.84. The second-order valence-corrected chi connectivity index (χ2v) is 3.55. The van der Waals surface area contributed by atoms with Crippen LogP contribution in [0.1, 0.15) is 11.1 Å². The van der Waals surface area contributed by atoms with Crippen LogP contribution in [-0.4, -0.2) is 11.3 Å². The highest BCUT2D eigenvalue weighted by molar-refractivity contribution is 5.80. The summed E-state index contributed by atoms with van der Waals surface area (Å²) in [6.45, 7) is 0.663. The average Bonchev–Trinajstić information content (AvgIpc) is 2.30. The Balaban J connectivity index is 2.00. The summed E-state index contributed by atoms with van der Waals surface area (Å²) in [6, 6.07) is 17.1. The summed E-state index contributed by atoms with van der Waals surface area (Å²) in [5.41, 5.74) is 2.09. The van der Waals surface area contributed by atoms with Gasteiger partial charge in [0.2, 0.25) is 0 Å². The van der Waals surface area contributed by atoms with Gasteiger partial charge in [-0.15, -0.1) is 0 Å². The van der Waals surface area contributed by atoms with Crippen LogP contribution >= 0.6 is 0 Å². The minimum atomic E-state index is 0.267. The Labute approximate surface area is 94.9 Å². The predicted molar refractivity (Wildman–Crippen MR) is 65.8 cm³/mol. The van der Waals surface area contributed by atoms with E-state index >= 15 is 0 Å². The molecule has 2 aromatic carbocycles. The van der Waals surface area contributed by atoms with Gasteiger partial charge in [0.15, 0.2) is 0 Å². The van der Waals surface area contributed by atoms with Crippen LogP contribution < -0.4 is 0 Å². The summed E-state index contributed by atoms with van der Waals surface area (Å²) in [6.07, 6.45) is 1.77. The molecule has 0 unspecified atom stereocenters. The van der Waals surface area contributed by atoms with Gasteiger partial charge in [0.05, 0.1) is 6.54 Å². The van der Waals surface area contributed by atoms with Crippen LogP contribution in [0.5, 0.6) is 5.75 Å². The van der Waals surface area contributed by atoms with Gasteiger partial charge in [-0.2, -0.15) is 0 Å². The minimum absolute atomic E-state index is 0.267. The summed E-state index contributed by atoms with van der Waals surface area (Å²) < 4.78 is 0. The van der Waals surface area contributed by atoms with Crippen LogP contribution in [0.4, 0.5) is 0 Å². The fraction of sp³-hybridized carbons (Fsp3) is 0.0714. The molecule has 2 nitrogen and oxygen atoms in total. The van der Waals surface area contributed by atoms with Gasteiger partial charge in [-0.3, -0.25) is 4.99 Å². The van der Waals surface area contributed by atoms with Gasteiger partial charge in [-0.1, -0.05) is 42.5 Å². The van der Waals surface area contributed by atoms with Crippen LogP contribution in [0.25, 0.3) is 0 Å². The highest BCUT2D eigenvalue weighted by Gasteiger charge is 1.90. The molecule has 2 aromatic rings. The number of hydrogen-bond donors (Lipinski definition) is 1. The Kier molecular flexibility index (Phi) is 3.34. The van der Waals surface area contributed by atoms with Crippen molar-refractivity contribution in [1.82, 2.24) is 0 Å². The van der Waals surface area contributed by atoms with Crippen molar-refractivity contribution in [2.24, 2.45) is 4.99 Å². The van der Waals surface area contributed by atoms with E-state index in [0.29, 0.717) is 6.54 Å². The quantitative estimate of drug-likeness (QED) is 0.778. The maximum Gasteiger partial charge on any atom is 0.116 e. The lowest BCUT2D eigenvalue weighted by molar-refractivity contribution is 0.475. The summed E-state index contributed by atoms with van der Waals surface area (Å²) in [5, 5.41) is 9.27. The van der Waals surface area contributed by atoms with Crippen LogP contribution in [-0.2, 0) is 6.54 Å². The van der Waals surface area contributed by atoms with E-state index in [0.717, 1.165) is 5.56 Å². The van der Waals surface area contributed by atoms with Crippen LogP contribution in [0.15, 0.2) is 59.6 Å². The zero-order chi connectivity index (χ0) is 11.2. The Bertz CT molecular complexity index is 477. The highest BCUT2D eigenvalue weighted by atomic mass is 16.3. The number of phenolic OH excluding ortho intramolecular Hbond substituents is 1. The standard InChI is InChI=1S/C14H13NO/c16-14-8-4-7-13(9-14)11-15-10-12-5-2-1-3-6-12/h1-9,11,16H,10H2. The number of aliphatic imine (C=N–C) groups is 1. The maximum atomic E-state index is 9.27. The van der Waals surface area contributed by atoms with Crippen molar-refractivity contribution in [3.8, 4) is 5.75 Å². The zero-order valence-corrected chi connectivity index (χ0v) is 8.88. The van der Waals surface area contributed by atoms with Gasteiger partial charge in [0, 0.05) is 6.21 Å². The molecule has 0 atom stereocenters. The SMILES string of the molecule is Oc1cccc(C=NCc2ccccc2)c1. The normalized spacial score (nSPS) is 10.8. The first-order valence-electron chi connectivity index (χ1n) is 5.17. The van der Waals surface area contributed by atoms with Crippen molar-refractivity contribution in [2.45, 2.75) is 6.54 Å². The molecule has 0 saturated carbocycles. The number of benzene rings is 2. The highest BCUT2D eigenvalue weighted by Crippen LogP contribution is 2.09. The van der Waals surface area contributed by atoms with Gasteiger partial charge in [0.1, 0.15) is 5.75 Å². The molecule has 1 N–H and O–H groups in total. The van der Waals surface area contributed by atoms with Crippen LogP contribution in [0, 0.1) is 0 Å². The molecule has 0 saturated heterocycles. The Hall–Kier alpha value is -2.09. The van der Waals surface area contributed by atoms with E-state index in [1.54, 1.807) is 24.4 Å². The molecule has 0 heterocycles. The molecule has 16 heavy (non-hydrogen) atoms. The summed E-state index contributed by atoms with van der Waals surface area (Å²) >= 11 is 0. The van der Waals surface area contributed by atoms with Crippen molar-refractivity contribution < 1.29 is 5.11 Å². The number of nitrogens with zero attached hydrogens (tertiary/aromatic N) is 1. The molecule has 0 aromatic heterocycles. The molecule has 0 aliphatic heterocycles. The van der Waals surface area contributed by atoms with Crippen molar-refractivity contribution in [2.75, 3.05) is 0 Å². The molecular formula is C14H13NO. The Morgan fingerprint density at radius 1 is 1.00 bits per heavy atom. The molecule has 0 aliphatic carbocycles. The Morgan fingerprint density at radius 2 is 1.81 bits per heavy atom. The van der Waals surface area contributed by atoms with E-state index in [1.165, 1.54) is 5.56 Å². The number of hydrogen-bond acceptors (Lipinski definition) is 2. The van der Waals surface area contributed by atoms with Crippen LogP contribution in [0.2, 0.25) is 0 Å². The molecule has 0 bridgehead atoms. The lowest BCUT2D eigenvalue weighted by Crippen LogP contribution is -1.83. The molecule has 0 spiro atoms. The maximum absolute atomic E-state index is 9.27. The monoisotopic (exact) mass is 211 g/mol. The number of phenols is 1. The fourth-order valence-corrected chi connectivity index (χ4v) is 1.44. The molecule has 0 aliphatic rings. The third-order valence-electron chi connectivity index (χ3n) is 2.23. The second-order valence-electron chi connectivity index (χ2n) is 3.55. The molecule has 0 fully saturated rings. The minimum Gasteiger partial charge on any atom is -0.508 e. The first-order valence-corrected chi connectivity index (χ1v) is 5.17. The summed E-state index contributed by atoms with van der Waals surface area (Å²) in [4.78, 5) is 4.32. The topological polar surface area (TPSA) is 32.6 Å². The third-order valence-corrected chi connectivity index (χ3v) is 2.23. The summed E-state index contributed by atoms with van der Waals surface area (Å²) in [5.74, 6) is 0.267. The van der Waals surface area contributed by atoms with E-state index < -0.39 is 0 Å². The predicted octanol–water partition coefficient (Wildman–Crippen LogP) is 3.01. The molecule has 0 radical (unpaired) electrons. The van der Waals surface area contributed by atoms with Crippen molar-refractivity contribution >= 4 is 6.21 Å². The Morgan fingerprint density at radius 3 is 2.56 bits per heavy atom. The molecule has 0 amide bonds.